The van der Waals surface area contributed by atoms with Crippen molar-refractivity contribution < 1.29 is 40.4 Å². The van der Waals surface area contributed by atoms with Crippen LogP contribution in [0, 0.1) is 13.8 Å². The molecular weight excluding hydrogens is 691 g/mol. The summed E-state index contributed by atoms with van der Waals surface area (Å²) in [4.78, 5) is 14.2. The van der Waals surface area contributed by atoms with Crippen LogP contribution in [0.4, 0.5) is 29.3 Å². The molecule has 256 valence electrons. The highest BCUT2D eigenvalue weighted by molar-refractivity contribution is 8.32. The molecule has 5 rings (SSSR count). The Balaban J connectivity index is 1.37. The van der Waals surface area contributed by atoms with E-state index in [1.165, 1.54) is 26.0 Å². The second-order valence-electron chi connectivity index (χ2n) is 11.9. The molecule has 0 fully saturated rings. The van der Waals surface area contributed by atoms with Crippen LogP contribution in [0.1, 0.15) is 55.8 Å². The first-order valence-corrected chi connectivity index (χ1v) is 17.9. The number of alkyl halides is 3. The van der Waals surface area contributed by atoms with E-state index in [1.54, 1.807) is 67.8 Å². The molecule has 1 unspecified atom stereocenters. The van der Waals surface area contributed by atoms with Crippen LogP contribution in [0.3, 0.4) is 0 Å². The minimum atomic E-state index is -4.90. The average Bonchev–Trinajstić information content (AvgIpc) is 3.53. The van der Waals surface area contributed by atoms with Gasteiger partial charge in [0.2, 0.25) is 0 Å². The molecule has 9 nitrogen and oxygen atoms in total. The molecule has 48 heavy (non-hydrogen) atoms. The van der Waals surface area contributed by atoms with Crippen molar-refractivity contribution in [1.82, 2.24) is 5.16 Å². The van der Waals surface area contributed by atoms with E-state index in [-0.39, 0.29) is 33.4 Å². The second-order valence-corrected chi connectivity index (χ2v) is 15.9. The van der Waals surface area contributed by atoms with Gasteiger partial charge in [0, 0.05) is 32.8 Å². The summed E-state index contributed by atoms with van der Waals surface area (Å²) >= 11 is 6.49. The number of hydrogen-bond acceptors (Lipinski definition) is 7. The van der Waals surface area contributed by atoms with E-state index < -0.39 is 38.4 Å². The number of sulfonamides is 1. The summed E-state index contributed by atoms with van der Waals surface area (Å²) in [6.45, 7) is 10.2. The van der Waals surface area contributed by atoms with Gasteiger partial charge in [-0.2, -0.15) is 0 Å². The third-order valence-electron chi connectivity index (χ3n) is 7.48. The number of carbonyl (C=O) groups is 1. The predicted molar refractivity (Wildman–Crippen MR) is 181 cm³/mol. The van der Waals surface area contributed by atoms with Gasteiger partial charge in [0.05, 0.1) is 6.10 Å². The molecule has 4 aromatic rings. The number of thiol groups is 1. The molecule has 1 aromatic heterocycles. The lowest BCUT2D eigenvalue weighted by molar-refractivity contribution is -0.274. The number of benzene rings is 3. The molecule has 1 aliphatic rings. The first kappa shape index (κ1) is 35.2. The molecule has 0 bridgehead atoms. The highest BCUT2D eigenvalue weighted by atomic mass is 35.5. The van der Waals surface area contributed by atoms with Crippen molar-refractivity contribution in [3.05, 3.63) is 93.2 Å². The number of halogens is 4. The fraction of sp³-hybridized carbons (Fsp3) is 0.273. The summed E-state index contributed by atoms with van der Waals surface area (Å²) in [5, 5.41) is 8.40. The number of carbonyl (C=O) groups excluding carboxylic acids is 1. The second kappa shape index (κ2) is 13.1. The first-order chi connectivity index (χ1) is 22.3. The Hall–Kier alpha value is -4.14. The van der Waals surface area contributed by atoms with Gasteiger partial charge in [-0.05, 0) is 104 Å². The summed E-state index contributed by atoms with van der Waals surface area (Å²) in [5.41, 5.74) is 1.82. The first-order valence-electron chi connectivity index (χ1n) is 14.6. The zero-order chi connectivity index (χ0) is 35.2. The SMILES string of the molecule is Cc1noc(C)c1S(=O)(=O)Nc1ccc2c(c1)C=C[SH]2C(=O)Nc1cc(Cl)cc(C(C)(C)c2cc(OC(C)C)cc(OC(F)(F)F)c2)c1. The van der Waals surface area contributed by atoms with Crippen LogP contribution in [-0.4, -0.2) is 31.3 Å². The zero-order valence-corrected chi connectivity index (χ0v) is 29.2. The standard InChI is InChI=1S/C33H33ClF3N3O6S2/c1-18(2)44-27-14-23(15-28(17-27)45-33(35,36)37)32(5,6)22-12-24(34)16-26(13-22)38-31(41)47-10-9-21-11-25(7-8-29(21)47)40-48(42,43)30-19(3)39-46-20(30)4/h7-18,40,47H,1-6H3,(H,38,41). The van der Waals surface area contributed by atoms with Crippen LogP contribution in [-0.2, 0) is 15.4 Å². The van der Waals surface area contributed by atoms with Crippen LogP contribution in [0.5, 0.6) is 11.5 Å². The third kappa shape index (κ3) is 7.77. The molecule has 0 saturated heterocycles. The molecule has 1 atom stereocenters. The number of rotatable bonds is 9. The number of anilines is 2. The quantitative estimate of drug-likeness (QED) is 0.147. The predicted octanol–water partition coefficient (Wildman–Crippen LogP) is 9.33. The van der Waals surface area contributed by atoms with Crippen LogP contribution in [0.15, 0.2) is 74.3 Å². The van der Waals surface area contributed by atoms with E-state index >= 15 is 0 Å². The lowest BCUT2D eigenvalue weighted by Gasteiger charge is -2.28. The number of aromatic nitrogens is 1. The van der Waals surface area contributed by atoms with E-state index in [0.717, 1.165) is 4.90 Å². The molecule has 2 N–H and O–H groups in total. The summed E-state index contributed by atoms with van der Waals surface area (Å²) in [6, 6.07) is 14.0. The minimum absolute atomic E-state index is 0.0316. The summed E-state index contributed by atoms with van der Waals surface area (Å²) in [5.74, 6) is -0.0457. The van der Waals surface area contributed by atoms with E-state index in [4.69, 9.17) is 20.9 Å². The third-order valence-corrected chi connectivity index (χ3v) is 11.2. The van der Waals surface area contributed by atoms with E-state index in [2.05, 4.69) is 19.9 Å². The smallest absolute Gasteiger partial charge is 0.491 e. The average molecular weight is 724 g/mol. The molecule has 0 spiro atoms. The lowest BCUT2D eigenvalue weighted by atomic mass is 9.78. The number of nitrogens with zero attached hydrogens (tertiary/aromatic N) is 1. The van der Waals surface area contributed by atoms with Crippen molar-refractivity contribution in [1.29, 1.82) is 0 Å². The maximum Gasteiger partial charge on any atom is 0.573 e. The van der Waals surface area contributed by atoms with Gasteiger partial charge in [0.25, 0.3) is 15.3 Å². The van der Waals surface area contributed by atoms with Crippen molar-refractivity contribution >= 4 is 55.2 Å². The number of nitrogens with one attached hydrogen (secondary N) is 2. The highest BCUT2D eigenvalue weighted by Crippen LogP contribution is 2.48. The Morgan fingerprint density at radius 1 is 0.979 bits per heavy atom. The van der Waals surface area contributed by atoms with E-state index in [1.807, 2.05) is 13.8 Å². The molecule has 0 aliphatic carbocycles. The summed E-state index contributed by atoms with van der Waals surface area (Å²) in [7, 11) is -5.43. The molecular formula is C33H33ClF3N3O6S2. The van der Waals surface area contributed by atoms with Gasteiger partial charge in [-0.25, -0.2) is 8.42 Å². The van der Waals surface area contributed by atoms with E-state index in [0.29, 0.717) is 33.1 Å². The van der Waals surface area contributed by atoms with Gasteiger partial charge in [-0.15, -0.1) is 24.1 Å². The number of amides is 1. The fourth-order valence-electron chi connectivity index (χ4n) is 5.29. The molecule has 0 saturated carbocycles. The minimum Gasteiger partial charge on any atom is -0.491 e. The number of aryl methyl sites for hydroxylation is 2. The van der Waals surface area contributed by atoms with Crippen molar-refractivity contribution in [2.24, 2.45) is 0 Å². The molecule has 1 aliphatic heterocycles. The largest absolute Gasteiger partial charge is 0.573 e. The number of fused-ring (bicyclic) bond motifs is 1. The Kier molecular flexibility index (Phi) is 9.56. The lowest BCUT2D eigenvalue weighted by Crippen LogP contribution is -2.22. The maximum atomic E-state index is 13.5. The van der Waals surface area contributed by atoms with Crippen molar-refractivity contribution in [2.75, 3.05) is 10.0 Å². The van der Waals surface area contributed by atoms with Crippen molar-refractivity contribution in [3.8, 4) is 11.5 Å². The van der Waals surface area contributed by atoms with Crippen LogP contribution >= 0.6 is 22.5 Å². The summed E-state index contributed by atoms with van der Waals surface area (Å²) in [6.07, 6.45) is -3.43. The van der Waals surface area contributed by atoms with Gasteiger partial charge in [0.15, 0.2) is 10.7 Å². The Morgan fingerprint density at radius 3 is 2.31 bits per heavy atom. The molecule has 0 radical (unpaired) electrons. The van der Waals surface area contributed by atoms with Crippen LogP contribution < -0.4 is 19.5 Å². The molecule has 15 heteroatoms. The van der Waals surface area contributed by atoms with Crippen molar-refractivity contribution in [3.63, 3.8) is 0 Å². The monoisotopic (exact) mass is 723 g/mol. The molecule has 3 aromatic carbocycles. The Bertz CT molecular complexity index is 2010. The van der Waals surface area contributed by atoms with Crippen LogP contribution in [0.2, 0.25) is 5.02 Å². The van der Waals surface area contributed by atoms with Gasteiger partial charge < -0.3 is 19.3 Å². The Labute approximate surface area is 283 Å². The Morgan fingerprint density at radius 2 is 1.67 bits per heavy atom. The number of ether oxygens (including phenoxy) is 2. The van der Waals surface area contributed by atoms with Gasteiger partial charge in [-0.1, -0.05) is 30.6 Å². The topological polar surface area (TPSA) is 120 Å². The van der Waals surface area contributed by atoms with Gasteiger partial charge in [-0.3, -0.25) is 9.52 Å². The van der Waals surface area contributed by atoms with Crippen molar-refractivity contribution in [2.45, 2.75) is 69.2 Å². The summed E-state index contributed by atoms with van der Waals surface area (Å²) < 4.78 is 82.8. The van der Waals surface area contributed by atoms with Gasteiger partial charge >= 0.3 is 6.36 Å². The van der Waals surface area contributed by atoms with E-state index in [9.17, 15) is 26.4 Å². The normalized spacial score (nSPS) is 15.4. The van der Waals surface area contributed by atoms with Gasteiger partial charge in [0.1, 0.15) is 17.2 Å². The molecule has 1 amide bonds. The number of hydrogen-bond donors (Lipinski definition) is 3. The fourth-order valence-corrected chi connectivity index (χ4v) is 8.63. The highest BCUT2D eigenvalue weighted by Gasteiger charge is 2.33. The maximum absolute atomic E-state index is 13.5. The van der Waals surface area contributed by atoms with Crippen LogP contribution in [0.25, 0.3) is 6.08 Å². The zero-order valence-electron chi connectivity index (χ0n) is 26.7. The molecule has 2 heterocycles.